The molecular weight excluding hydrogens is 378 g/mol. The second kappa shape index (κ2) is 5.16. The predicted molar refractivity (Wildman–Crippen MR) is 118 cm³/mol. The molecule has 0 radical (unpaired) electrons. The number of aryl methyl sites for hydroxylation is 2. The summed E-state index contributed by atoms with van der Waals surface area (Å²) in [6.07, 6.45) is 2.13. The predicted octanol–water partition coefficient (Wildman–Crippen LogP) is 6.86. The Morgan fingerprint density at radius 2 is 1.83 bits per heavy atom. The molecule has 138 valence electrons. The highest BCUT2D eigenvalue weighted by molar-refractivity contribution is 7.17. The number of para-hydroxylation sites is 1. The summed E-state index contributed by atoms with van der Waals surface area (Å²) in [5.41, 5.74) is 5.47. The van der Waals surface area contributed by atoms with Crippen LogP contribution in [0, 0.1) is 6.92 Å². The van der Waals surface area contributed by atoms with Gasteiger partial charge in [0.15, 0.2) is 6.20 Å². The monoisotopic (exact) mass is 394 g/mol. The number of fused-ring (bicyclic) bond motifs is 7. The Morgan fingerprint density at radius 1 is 0.931 bits per heavy atom. The topological polar surface area (TPSA) is 26.2 Å². The summed E-state index contributed by atoms with van der Waals surface area (Å²) in [6.45, 7) is 2.20. The molecule has 4 heterocycles. The minimum Gasteiger partial charge on any atom is -0.455 e. The second-order valence-electron chi connectivity index (χ2n) is 7.73. The number of nitrogens with zero attached hydrogens (tertiary/aromatic N) is 1. The summed E-state index contributed by atoms with van der Waals surface area (Å²) in [7, 11) is 2.11. The Labute approximate surface area is 170 Å². The average molecular weight is 394 g/mol. The fraction of sp³-hybridized carbons (Fsp3) is 0.0800. The van der Waals surface area contributed by atoms with Crippen molar-refractivity contribution in [3.63, 3.8) is 0 Å². The van der Waals surface area contributed by atoms with Gasteiger partial charge in [0.2, 0.25) is 5.69 Å². The number of ether oxygens (including phenoxy) is 1. The van der Waals surface area contributed by atoms with Gasteiger partial charge < -0.3 is 9.15 Å². The summed E-state index contributed by atoms with van der Waals surface area (Å²) in [6, 6.07) is 16.8. The van der Waals surface area contributed by atoms with Gasteiger partial charge in [0.05, 0.1) is 5.56 Å². The molecule has 6 aromatic rings. The summed E-state index contributed by atoms with van der Waals surface area (Å²) in [5, 5.41) is 7.82. The van der Waals surface area contributed by atoms with Crippen molar-refractivity contribution in [2.45, 2.75) is 6.92 Å². The van der Waals surface area contributed by atoms with E-state index in [-0.39, 0.29) is 0 Å². The van der Waals surface area contributed by atoms with E-state index in [9.17, 15) is 0 Å². The number of benzene rings is 3. The molecule has 3 nitrogen and oxygen atoms in total. The van der Waals surface area contributed by atoms with E-state index >= 15 is 0 Å². The molecule has 0 amide bonds. The Kier molecular flexibility index (Phi) is 2.76. The molecule has 0 fully saturated rings. The average Bonchev–Trinajstić information content (AvgIpc) is 3.34. The third-order valence-electron chi connectivity index (χ3n) is 6.12. The van der Waals surface area contributed by atoms with Crippen LogP contribution in [0.5, 0.6) is 11.5 Å². The van der Waals surface area contributed by atoms with Crippen molar-refractivity contribution in [2.24, 2.45) is 7.05 Å². The minimum atomic E-state index is 0.895. The van der Waals surface area contributed by atoms with Crippen molar-refractivity contribution >= 4 is 54.1 Å². The van der Waals surface area contributed by atoms with E-state index in [1.165, 1.54) is 26.9 Å². The summed E-state index contributed by atoms with van der Waals surface area (Å²) in [5.74, 6) is 1.82. The van der Waals surface area contributed by atoms with Gasteiger partial charge in [-0.3, -0.25) is 0 Å². The summed E-state index contributed by atoms with van der Waals surface area (Å²) >= 11 is 1.79. The number of aromatic nitrogens is 1. The lowest BCUT2D eigenvalue weighted by Crippen LogP contribution is -2.31. The van der Waals surface area contributed by atoms with Gasteiger partial charge in [0.1, 0.15) is 35.1 Å². The normalized spacial score (nSPS) is 12.8. The van der Waals surface area contributed by atoms with Gasteiger partial charge in [-0.2, -0.15) is 0 Å². The molecule has 7 rings (SSSR count). The Balaban J connectivity index is 1.72. The first-order valence-corrected chi connectivity index (χ1v) is 10.5. The number of furan rings is 1. The third-order valence-corrected chi connectivity index (χ3v) is 7.17. The van der Waals surface area contributed by atoms with E-state index < -0.39 is 0 Å². The highest BCUT2D eigenvalue weighted by atomic mass is 32.1. The zero-order valence-corrected chi connectivity index (χ0v) is 16.8. The highest BCUT2D eigenvalue weighted by Gasteiger charge is 2.32. The fourth-order valence-electron chi connectivity index (χ4n) is 4.82. The lowest BCUT2D eigenvalue weighted by atomic mass is 9.94. The van der Waals surface area contributed by atoms with Gasteiger partial charge in [0.25, 0.3) is 0 Å². The van der Waals surface area contributed by atoms with Gasteiger partial charge in [-0.05, 0) is 47.5 Å². The van der Waals surface area contributed by atoms with Crippen LogP contribution in [0.3, 0.4) is 0 Å². The Hall–Kier alpha value is -3.37. The fourth-order valence-corrected chi connectivity index (χ4v) is 5.72. The van der Waals surface area contributed by atoms with Crippen molar-refractivity contribution in [1.82, 2.24) is 0 Å². The molecule has 0 N–H and O–H groups in total. The highest BCUT2D eigenvalue weighted by Crippen LogP contribution is 2.51. The van der Waals surface area contributed by atoms with Gasteiger partial charge in [-0.25, -0.2) is 4.57 Å². The molecule has 3 aromatic heterocycles. The standard InChI is InChI=1S/C25H16NO2S/c1-13-21-19(11-14-8-10-29-25(13)14)27-20-12-17-15-5-3-4-6-18(15)28-24(17)16-7-9-26(2)23(21)22(16)20/h3-12H,1-2H3/q+1. The van der Waals surface area contributed by atoms with E-state index in [1.807, 2.05) is 12.1 Å². The maximum Gasteiger partial charge on any atom is 0.228 e. The van der Waals surface area contributed by atoms with Crippen LogP contribution in [0.25, 0.3) is 54.1 Å². The summed E-state index contributed by atoms with van der Waals surface area (Å²) < 4.78 is 16.4. The third kappa shape index (κ3) is 1.85. The molecule has 1 aliphatic rings. The van der Waals surface area contributed by atoms with E-state index in [4.69, 9.17) is 9.15 Å². The maximum absolute atomic E-state index is 6.54. The van der Waals surface area contributed by atoms with Crippen LogP contribution >= 0.6 is 11.3 Å². The van der Waals surface area contributed by atoms with Crippen LogP contribution in [-0.2, 0) is 7.05 Å². The quantitative estimate of drug-likeness (QED) is 0.263. The Morgan fingerprint density at radius 3 is 2.76 bits per heavy atom. The van der Waals surface area contributed by atoms with Gasteiger partial charge in [-0.15, -0.1) is 11.3 Å². The first-order valence-electron chi connectivity index (χ1n) is 9.66. The van der Waals surface area contributed by atoms with Gasteiger partial charge in [-0.1, -0.05) is 18.2 Å². The van der Waals surface area contributed by atoms with Crippen molar-refractivity contribution < 1.29 is 13.7 Å². The zero-order chi connectivity index (χ0) is 19.3. The van der Waals surface area contributed by atoms with Crippen LogP contribution < -0.4 is 9.30 Å². The molecule has 29 heavy (non-hydrogen) atoms. The molecule has 0 unspecified atom stereocenters. The molecule has 1 aliphatic heterocycles. The number of hydrogen-bond donors (Lipinski definition) is 0. The van der Waals surface area contributed by atoms with Crippen LogP contribution in [-0.4, -0.2) is 0 Å². The first-order chi connectivity index (χ1) is 14.2. The zero-order valence-electron chi connectivity index (χ0n) is 15.9. The molecule has 0 saturated heterocycles. The lowest BCUT2D eigenvalue weighted by Gasteiger charge is -2.21. The minimum absolute atomic E-state index is 0.895. The smallest absolute Gasteiger partial charge is 0.228 e. The molecule has 0 saturated carbocycles. The molecular formula is C25H16NO2S+. The number of pyridine rings is 1. The number of thiophene rings is 1. The molecule has 4 heteroatoms. The number of hydrogen-bond acceptors (Lipinski definition) is 3. The van der Waals surface area contributed by atoms with Gasteiger partial charge in [0, 0.05) is 26.9 Å². The van der Waals surface area contributed by atoms with Crippen molar-refractivity contribution in [1.29, 1.82) is 0 Å². The molecule has 0 atom stereocenters. The van der Waals surface area contributed by atoms with Crippen LogP contribution in [0.2, 0.25) is 0 Å². The van der Waals surface area contributed by atoms with Crippen LogP contribution in [0.1, 0.15) is 5.56 Å². The van der Waals surface area contributed by atoms with E-state index in [0.717, 1.165) is 44.2 Å². The van der Waals surface area contributed by atoms with E-state index in [0.29, 0.717) is 0 Å². The van der Waals surface area contributed by atoms with Crippen molar-refractivity contribution in [3.05, 3.63) is 65.7 Å². The SMILES string of the molecule is Cc1c2c(cc3ccsc13)Oc1cc3c4ccccc4oc3c3cc[n+](C)c-2c13. The molecule has 0 aliphatic carbocycles. The molecule has 0 spiro atoms. The maximum atomic E-state index is 6.54. The van der Waals surface area contributed by atoms with Crippen molar-refractivity contribution in [3.8, 4) is 22.8 Å². The largest absolute Gasteiger partial charge is 0.455 e. The van der Waals surface area contributed by atoms with E-state index in [2.05, 4.69) is 66.5 Å². The lowest BCUT2D eigenvalue weighted by molar-refractivity contribution is -0.659. The molecule has 0 bridgehead atoms. The van der Waals surface area contributed by atoms with Crippen molar-refractivity contribution in [2.75, 3.05) is 0 Å². The first kappa shape index (κ1) is 15.5. The van der Waals surface area contributed by atoms with Gasteiger partial charge >= 0.3 is 0 Å². The Bertz CT molecular complexity index is 1650. The number of rotatable bonds is 0. The van der Waals surface area contributed by atoms with Crippen LogP contribution in [0.15, 0.2) is 64.5 Å². The molecule has 3 aromatic carbocycles. The van der Waals surface area contributed by atoms with Crippen LogP contribution in [0.4, 0.5) is 0 Å². The van der Waals surface area contributed by atoms with E-state index in [1.54, 1.807) is 11.3 Å². The summed E-state index contributed by atoms with van der Waals surface area (Å²) in [4.78, 5) is 0. The second-order valence-corrected chi connectivity index (χ2v) is 8.65.